The molecule has 0 spiro atoms. The van der Waals surface area contributed by atoms with Crippen LogP contribution in [0.3, 0.4) is 0 Å². The zero-order valence-electron chi connectivity index (χ0n) is 14.0. The third-order valence-electron chi connectivity index (χ3n) is 3.38. The number of ether oxygens (including phenoxy) is 2. The van der Waals surface area contributed by atoms with Crippen LogP contribution in [0, 0.1) is 17.0 Å². The van der Waals surface area contributed by atoms with Gasteiger partial charge in [0.05, 0.1) is 23.8 Å². The minimum atomic E-state index is -0.853. The van der Waals surface area contributed by atoms with E-state index in [9.17, 15) is 24.8 Å². The molecule has 2 aromatic rings. The summed E-state index contributed by atoms with van der Waals surface area (Å²) in [6, 6.07) is 8.09. The van der Waals surface area contributed by atoms with Crippen LogP contribution in [-0.4, -0.2) is 35.6 Å². The van der Waals surface area contributed by atoms with Crippen LogP contribution in [0.5, 0.6) is 11.5 Å². The fraction of sp³-hybridized carbons (Fsp3) is 0.176. The summed E-state index contributed by atoms with van der Waals surface area (Å²) in [6.45, 7) is 1.14. The number of rotatable bonds is 6. The number of nitro benzene ring substituents is 1. The summed E-state index contributed by atoms with van der Waals surface area (Å²) in [6.07, 6.45) is 0. The molecule has 0 aliphatic heterocycles. The van der Waals surface area contributed by atoms with Crippen LogP contribution in [0.15, 0.2) is 36.4 Å². The average molecular weight is 360 g/mol. The Kier molecular flexibility index (Phi) is 5.74. The molecule has 0 saturated heterocycles. The van der Waals surface area contributed by atoms with Crippen molar-refractivity contribution >= 4 is 23.3 Å². The zero-order valence-corrected chi connectivity index (χ0v) is 14.0. The average Bonchev–Trinajstić information content (AvgIpc) is 2.59. The van der Waals surface area contributed by atoms with Crippen LogP contribution < -0.4 is 10.1 Å². The highest BCUT2D eigenvalue weighted by Crippen LogP contribution is 2.29. The van der Waals surface area contributed by atoms with E-state index >= 15 is 0 Å². The van der Waals surface area contributed by atoms with E-state index in [0.717, 1.165) is 11.6 Å². The predicted molar refractivity (Wildman–Crippen MR) is 91.4 cm³/mol. The lowest BCUT2D eigenvalue weighted by Gasteiger charge is -2.10. The number of hydrogen-bond acceptors (Lipinski definition) is 7. The van der Waals surface area contributed by atoms with Crippen molar-refractivity contribution in [3.63, 3.8) is 0 Å². The van der Waals surface area contributed by atoms with Gasteiger partial charge in [-0.05, 0) is 30.7 Å². The minimum absolute atomic E-state index is 0.0590. The summed E-state index contributed by atoms with van der Waals surface area (Å²) >= 11 is 0. The molecule has 0 aromatic heterocycles. The number of methoxy groups -OCH3 is 1. The minimum Gasteiger partial charge on any atom is -0.507 e. The number of esters is 1. The van der Waals surface area contributed by atoms with Crippen molar-refractivity contribution in [1.29, 1.82) is 0 Å². The maximum Gasteiger partial charge on any atom is 0.342 e. The van der Waals surface area contributed by atoms with Gasteiger partial charge in [-0.2, -0.15) is 0 Å². The molecule has 0 bridgehead atoms. The maximum atomic E-state index is 11.9. The Hall–Kier alpha value is -3.62. The van der Waals surface area contributed by atoms with Crippen molar-refractivity contribution in [3.8, 4) is 11.5 Å². The van der Waals surface area contributed by atoms with Gasteiger partial charge in [-0.3, -0.25) is 14.9 Å². The molecule has 136 valence electrons. The van der Waals surface area contributed by atoms with Crippen LogP contribution in [-0.2, 0) is 9.53 Å². The topological polar surface area (TPSA) is 128 Å². The van der Waals surface area contributed by atoms with Gasteiger partial charge in [-0.1, -0.05) is 6.07 Å². The Balaban J connectivity index is 2.00. The lowest BCUT2D eigenvalue weighted by molar-refractivity contribution is -0.384. The number of anilines is 1. The highest BCUT2D eigenvalue weighted by atomic mass is 16.6. The summed E-state index contributed by atoms with van der Waals surface area (Å²) in [7, 11) is 1.30. The van der Waals surface area contributed by atoms with Gasteiger partial charge in [-0.25, -0.2) is 4.79 Å². The number of nitro groups is 1. The Bertz CT molecular complexity index is 864. The third kappa shape index (κ3) is 4.47. The summed E-state index contributed by atoms with van der Waals surface area (Å²) < 4.78 is 9.86. The van der Waals surface area contributed by atoms with Crippen molar-refractivity contribution in [3.05, 3.63) is 57.6 Å². The highest BCUT2D eigenvalue weighted by Gasteiger charge is 2.16. The normalized spacial score (nSPS) is 10.1. The van der Waals surface area contributed by atoms with E-state index in [-0.39, 0.29) is 28.4 Å². The molecular formula is C17H16N2O7. The van der Waals surface area contributed by atoms with E-state index in [1.807, 2.05) is 0 Å². The second-order valence-corrected chi connectivity index (χ2v) is 5.29. The van der Waals surface area contributed by atoms with E-state index in [1.54, 1.807) is 13.0 Å². The lowest BCUT2D eigenvalue weighted by Crippen LogP contribution is -2.21. The number of nitrogens with one attached hydrogen (secondary N) is 1. The molecule has 0 heterocycles. The number of non-ortho nitro benzene ring substituents is 1. The van der Waals surface area contributed by atoms with Crippen molar-refractivity contribution in [2.75, 3.05) is 19.0 Å². The van der Waals surface area contributed by atoms with Gasteiger partial charge in [0.15, 0.2) is 6.61 Å². The van der Waals surface area contributed by atoms with Crippen molar-refractivity contribution in [1.82, 2.24) is 0 Å². The SMILES string of the molecule is COc1cc([N+](=O)[O-])ccc1NC(=O)COC(=O)c1ccc(C)cc1O. The Labute approximate surface area is 148 Å². The molecule has 2 N–H and O–H groups in total. The van der Waals surface area contributed by atoms with E-state index < -0.39 is 23.4 Å². The molecule has 1 amide bonds. The highest BCUT2D eigenvalue weighted by molar-refractivity contribution is 5.97. The molecule has 0 aliphatic rings. The van der Waals surface area contributed by atoms with Crippen LogP contribution in [0.25, 0.3) is 0 Å². The fourth-order valence-electron chi connectivity index (χ4n) is 2.11. The van der Waals surface area contributed by atoms with Gasteiger partial charge in [0.25, 0.3) is 11.6 Å². The first-order valence-electron chi connectivity index (χ1n) is 7.41. The number of phenolic OH excluding ortho intramolecular Hbond substituents is 1. The number of aryl methyl sites for hydroxylation is 1. The summed E-state index contributed by atoms with van der Waals surface area (Å²) in [5, 5.41) is 22.9. The monoisotopic (exact) mass is 360 g/mol. The third-order valence-corrected chi connectivity index (χ3v) is 3.38. The number of aromatic hydroxyl groups is 1. The number of benzene rings is 2. The molecule has 9 nitrogen and oxygen atoms in total. The van der Waals surface area contributed by atoms with Gasteiger partial charge in [0.1, 0.15) is 17.1 Å². The van der Waals surface area contributed by atoms with Crippen LogP contribution in [0.4, 0.5) is 11.4 Å². The van der Waals surface area contributed by atoms with E-state index in [4.69, 9.17) is 9.47 Å². The first-order chi connectivity index (χ1) is 12.3. The largest absolute Gasteiger partial charge is 0.507 e. The van der Waals surface area contributed by atoms with Gasteiger partial charge in [-0.15, -0.1) is 0 Å². The Morgan fingerprint density at radius 2 is 1.96 bits per heavy atom. The Morgan fingerprint density at radius 3 is 2.58 bits per heavy atom. The quantitative estimate of drug-likeness (QED) is 0.460. The molecule has 0 atom stereocenters. The van der Waals surface area contributed by atoms with E-state index in [1.165, 1.54) is 31.4 Å². The van der Waals surface area contributed by atoms with Gasteiger partial charge in [0.2, 0.25) is 0 Å². The van der Waals surface area contributed by atoms with Crippen molar-refractivity contribution < 1.29 is 29.1 Å². The lowest BCUT2D eigenvalue weighted by atomic mass is 10.1. The molecule has 0 saturated carbocycles. The van der Waals surface area contributed by atoms with Gasteiger partial charge < -0.3 is 19.9 Å². The summed E-state index contributed by atoms with van der Waals surface area (Å²) in [5.41, 5.74) is 0.705. The predicted octanol–water partition coefficient (Wildman–Crippen LogP) is 2.41. The molecule has 9 heteroatoms. The molecule has 2 rings (SSSR count). The molecule has 0 unspecified atom stereocenters. The Morgan fingerprint density at radius 1 is 1.23 bits per heavy atom. The second-order valence-electron chi connectivity index (χ2n) is 5.29. The van der Waals surface area contributed by atoms with Crippen LogP contribution in [0.2, 0.25) is 0 Å². The first kappa shape index (κ1) is 18.7. The summed E-state index contributed by atoms with van der Waals surface area (Å²) in [5.74, 6) is -1.67. The van der Waals surface area contributed by atoms with E-state index in [2.05, 4.69) is 5.32 Å². The first-order valence-corrected chi connectivity index (χ1v) is 7.41. The maximum absolute atomic E-state index is 11.9. The number of amides is 1. The second kappa shape index (κ2) is 7.97. The van der Waals surface area contributed by atoms with Crippen molar-refractivity contribution in [2.45, 2.75) is 6.92 Å². The number of phenols is 1. The zero-order chi connectivity index (χ0) is 19.3. The number of carbonyl (C=O) groups excluding carboxylic acids is 2. The molecule has 0 aliphatic carbocycles. The van der Waals surface area contributed by atoms with Crippen LogP contribution >= 0.6 is 0 Å². The molecule has 0 fully saturated rings. The smallest absolute Gasteiger partial charge is 0.342 e. The fourth-order valence-corrected chi connectivity index (χ4v) is 2.11. The van der Waals surface area contributed by atoms with Crippen molar-refractivity contribution in [2.24, 2.45) is 0 Å². The van der Waals surface area contributed by atoms with Crippen LogP contribution in [0.1, 0.15) is 15.9 Å². The summed E-state index contributed by atoms with van der Waals surface area (Å²) in [4.78, 5) is 34.0. The standard InChI is InChI=1S/C17H16N2O7/c1-10-3-5-12(14(20)7-10)17(22)26-9-16(21)18-13-6-4-11(19(23)24)8-15(13)25-2/h3-8,20H,9H2,1-2H3,(H,18,21). The molecule has 2 aromatic carbocycles. The number of carbonyl (C=O) groups is 2. The number of hydrogen-bond donors (Lipinski definition) is 2. The van der Waals surface area contributed by atoms with Gasteiger partial charge >= 0.3 is 5.97 Å². The number of nitrogens with zero attached hydrogens (tertiary/aromatic N) is 1. The molecule has 26 heavy (non-hydrogen) atoms. The van der Waals surface area contributed by atoms with E-state index in [0.29, 0.717) is 0 Å². The molecular weight excluding hydrogens is 344 g/mol. The molecule has 0 radical (unpaired) electrons. The van der Waals surface area contributed by atoms with Gasteiger partial charge in [0, 0.05) is 6.07 Å².